The minimum atomic E-state index is -0.710. The summed E-state index contributed by atoms with van der Waals surface area (Å²) in [5.74, 6) is -0.428. The van der Waals surface area contributed by atoms with Crippen molar-refractivity contribution in [3.05, 3.63) is 29.8 Å². The monoisotopic (exact) mass is 373 g/mol. The van der Waals surface area contributed by atoms with Crippen molar-refractivity contribution in [3.63, 3.8) is 0 Å². The van der Waals surface area contributed by atoms with Crippen LogP contribution in [0.1, 0.15) is 36.5 Å². The molecule has 0 saturated carbocycles. The van der Waals surface area contributed by atoms with Gasteiger partial charge in [0.25, 0.3) is 5.91 Å². The molecule has 146 valence electrons. The van der Waals surface area contributed by atoms with Crippen LogP contribution in [0.4, 0.5) is 5.69 Å². The number of rotatable bonds is 4. The largest absolute Gasteiger partial charge is 0.381 e. The maximum Gasteiger partial charge on any atom is 0.313 e. The first-order valence-corrected chi connectivity index (χ1v) is 9.59. The van der Waals surface area contributed by atoms with E-state index in [4.69, 9.17) is 4.74 Å². The molecule has 2 fully saturated rings. The van der Waals surface area contributed by atoms with Crippen LogP contribution in [0.5, 0.6) is 0 Å². The number of anilines is 1. The molecular weight excluding hydrogens is 346 g/mol. The van der Waals surface area contributed by atoms with Crippen molar-refractivity contribution in [1.82, 2.24) is 10.2 Å². The van der Waals surface area contributed by atoms with Crippen molar-refractivity contribution in [2.75, 3.05) is 38.2 Å². The molecule has 2 aliphatic heterocycles. The molecule has 2 heterocycles. The number of nitrogens with zero attached hydrogens (tertiary/aromatic N) is 1. The number of carbonyl (C=O) groups excluding carboxylic acids is 3. The summed E-state index contributed by atoms with van der Waals surface area (Å²) in [5.41, 5.74) is 1.08. The predicted octanol–water partition coefficient (Wildman–Crippen LogP) is 1.65. The van der Waals surface area contributed by atoms with Crippen LogP contribution in [0.2, 0.25) is 0 Å². The van der Waals surface area contributed by atoms with Crippen molar-refractivity contribution in [3.8, 4) is 0 Å². The van der Waals surface area contributed by atoms with Crippen LogP contribution in [0.3, 0.4) is 0 Å². The molecule has 2 saturated heterocycles. The Morgan fingerprint density at radius 1 is 1.07 bits per heavy atom. The normalized spacial score (nSPS) is 20.3. The van der Waals surface area contributed by atoms with Gasteiger partial charge >= 0.3 is 11.8 Å². The lowest BCUT2D eigenvalue weighted by molar-refractivity contribution is -0.136. The van der Waals surface area contributed by atoms with Crippen molar-refractivity contribution in [2.24, 2.45) is 11.8 Å². The lowest BCUT2D eigenvalue weighted by Crippen LogP contribution is -2.38. The Kier molecular flexibility index (Phi) is 6.45. The third-order valence-electron chi connectivity index (χ3n) is 5.24. The minimum absolute atomic E-state index is 0.0105. The first-order valence-electron chi connectivity index (χ1n) is 9.59. The highest BCUT2D eigenvalue weighted by atomic mass is 16.5. The Morgan fingerprint density at radius 2 is 1.78 bits per heavy atom. The Bertz CT molecular complexity index is 675. The van der Waals surface area contributed by atoms with Gasteiger partial charge in [-0.15, -0.1) is 0 Å². The molecule has 7 nitrogen and oxygen atoms in total. The van der Waals surface area contributed by atoms with Gasteiger partial charge in [-0.05, 0) is 49.4 Å². The van der Waals surface area contributed by atoms with Gasteiger partial charge in [0.2, 0.25) is 0 Å². The van der Waals surface area contributed by atoms with E-state index >= 15 is 0 Å². The second-order valence-electron chi connectivity index (χ2n) is 7.45. The van der Waals surface area contributed by atoms with Crippen LogP contribution >= 0.6 is 0 Å². The molecule has 0 spiro atoms. The number of likely N-dealkylation sites (tertiary alicyclic amines) is 1. The van der Waals surface area contributed by atoms with Gasteiger partial charge in [-0.2, -0.15) is 0 Å². The number of benzene rings is 1. The SMILES string of the molecule is CC1CCN(C(=O)c2ccc(NC(=O)C(=O)NC[C@H]3CCOC3)cc2)CC1. The molecule has 7 heteroatoms. The zero-order valence-corrected chi connectivity index (χ0v) is 15.7. The van der Waals surface area contributed by atoms with E-state index in [1.807, 2.05) is 4.90 Å². The van der Waals surface area contributed by atoms with Gasteiger partial charge in [-0.25, -0.2) is 0 Å². The lowest BCUT2D eigenvalue weighted by Gasteiger charge is -2.30. The van der Waals surface area contributed by atoms with E-state index in [2.05, 4.69) is 17.6 Å². The summed E-state index contributed by atoms with van der Waals surface area (Å²) in [6.45, 7) is 5.53. The third-order valence-corrected chi connectivity index (χ3v) is 5.24. The van der Waals surface area contributed by atoms with Crippen LogP contribution in [-0.4, -0.2) is 55.5 Å². The van der Waals surface area contributed by atoms with E-state index in [9.17, 15) is 14.4 Å². The first kappa shape index (κ1) is 19.4. The molecular formula is C20H27N3O4. The number of amides is 3. The molecule has 27 heavy (non-hydrogen) atoms. The van der Waals surface area contributed by atoms with Crippen LogP contribution in [0.25, 0.3) is 0 Å². The maximum absolute atomic E-state index is 12.5. The summed E-state index contributed by atoms with van der Waals surface area (Å²) in [6.07, 6.45) is 2.96. The van der Waals surface area contributed by atoms with Crippen LogP contribution < -0.4 is 10.6 Å². The fourth-order valence-electron chi connectivity index (χ4n) is 3.34. The summed E-state index contributed by atoms with van der Waals surface area (Å²) in [6, 6.07) is 6.67. The maximum atomic E-state index is 12.5. The fraction of sp³-hybridized carbons (Fsp3) is 0.550. The molecule has 2 N–H and O–H groups in total. The standard InChI is InChI=1S/C20H27N3O4/c1-14-6-9-23(10-7-14)20(26)16-2-4-17(5-3-16)22-19(25)18(24)21-12-15-8-11-27-13-15/h2-5,14-15H,6-13H2,1H3,(H,21,24)(H,22,25)/t15-/m1/s1. The summed E-state index contributed by atoms with van der Waals surface area (Å²) in [5, 5.41) is 5.19. The molecule has 1 aromatic carbocycles. The van der Waals surface area contributed by atoms with Gasteiger partial charge in [0.1, 0.15) is 0 Å². The van der Waals surface area contributed by atoms with E-state index in [0.29, 0.717) is 36.9 Å². The Balaban J connectivity index is 1.48. The van der Waals surface area contributed by atoms with E-state index in [-0.39, 0.29) is 11.8 Å². The molecule has 1 atom stereocenters. The Labute approximate surface area is 159 Å². The number of nitrogens with one attached hydrogen (secondary N) is 2. The predicted molar refractivity (Wildman–Crippen MR) is 101 cm³/mol. The summed E-state index contributed by atoms with van der Waals surface area (Å²) < 4.78 is 5.24. The van der Waals surface area contributed by atoms with Crippen molar-refractivity contribution in [2.45, 2.75) is 26.2 Å². The number of ether oxygens (including phenoxy) is 1. The van der Waals surface area contributed by atoms with Crippen molar-refractivity contribution >= 4 is 23.4 Å². The average Bonchev–Trinajstić information content (AvgIpc) is 3.20. The summed E-state index contributed by atoms with van der Waals surface area (Å²) >= 11 is 0. The number of hydrogen-bond acceptors (Lipinski definition) is 4. The zero-order chi connectivity index (χ0) is 19.2. The molecule has 1 aromatic rings. The van der Waals surface area contributed by atoms with Crippen LogP contribution in [-0.2, 0) is 14.3 Å². The molecule has 0 bridgehead atoms. The highest BCUT2D eigenvalue weighted by molar-refractivity contribution is 6.39. The Hall–Kier alpha value is -2.41. The molecule has 2 aliphatic rings. The molecule has 0 unspecified atom stereocenters. The fourth-order valence-corrected chi connectivity index (χ4v) is 3.34. The lowest BCUT2D eigenvalue weighted by atomic mass is 9.98. The van der Waals surface area contributed by atoms with Gasteiger partial charge in [0, 0.05) is 43.4 Å². The zero-order valence-electron chi connectivity index (χ0n) is 15.7. The topological polar surface area (TPSA) is 87.7 Å². The van der Waals surface area contributed by atoms with Gasteiger partial charge in [-0.1, -0.05) is 6.92 Å². The van der Waals surface area contributed by atoms with E-state index in [1.54, 1.807) is 24.3 Å². The third kappa shape index (κ3) is 5.29. The second kappa shape index (κ2) is 8.99. The van der Waals surface area contributed by atoms with E-state index < -0.39 is 11.8 Å². The van der Waals surface area contributed by atoms with E-state index in [1.165, 1.54) is 0 Å². The molecule has 0 aliphatic carbocycles. The van der Waals surface area contributed by atoms with Crippen molar-refractivity contribution < 1.29 is 19.1 Å². The number of hydrogen-bond donors (Lipinski definition) is 2. The Morgan fingerprint density at radius 3 is 2.41 bits per heavy atom. The van der Waals surface area contributed by atoms with Gasteiger partial charge < -0.3 is 20.3 Å². The van der Waals surface area contributed by atoms with Gasteiger partial charge in [-0.3, -0.25) is 14.4 Å². The molecule has 0 aromatic heterocycles. The minimum Gasteiger partial charge on any atom is -0.381 e. The summed E-state index contributed by atoms with van der Waals surface area (Å²) in [4.78, 5) is 38.3. The quantitative estimate of drug-likeness (QED) is 0.786. The smallest absolute Gasteiger partial charge is 0.313 e. The highest BCUT2D eigenvalue weighted by Crippen LogP contribution is 2.19. The average molecular weight is 373 g/mol. The second-order valence-corrected chi connectivity index (χ2v) is 7.45. The number of carbonyl (C=O) groups is 3. The molecule has 3 rings (SSSR count). The van der Waals surface area contributed by atoms with Crippen LogP contribution in [0.15, 0.2) is 24.3 Å². The number of piperidine rings is 1. The molecule has 3 amide bonds. The van der Waals surface area contributed by atoms with Crippen LogP contribution in [0, 0.1) is 11.8 Å². The van der Waals surface area contributed by atoms with Crippen molar-refractivity contribution in [1.29, 1.82) is 0 Å². The summed E-state index contributed by atoms with van der Waals surface area (Å²) in [7, 11) is 0. The highest BCUT2D eigenvalue weighted by Gasteiger charge is 2.22. The first-order chi connectivity index (χ1) is 13.0. The van der Waals surface area contributed by atoms with E-state index in [0.717, 1.165) is 32.4 Å². The van der Waals surface area contributed by atoms with Gasteiger partial charge in [0.15, 0.2) is 0 Å². The van der Waals surface area contributed by atoms with Gasteiger partial charge in [0.05, 0.1) is 6.61 Å². The molecule has 0 radical (unpaired) electrons.